The summed E-state index contributed by atoms with van der Waals surface area (Å²) in [6, 6.07) is -0.613. The van der Waals surface area contributed by atoms with Gasteiger partial charge in [0.2, 0.25) is 17.7 Å². The van der Waals surface area contributed by atoms with Gasteiger partial charge in [-0.2, -0.15) is 0 Å². The molecule has 0 aliphatic carbocycles. The highest BCUT2D eigenvalue weighted by atomic mass is 32.2. The molecule has 2 heterocycles. The molecule has 2 rings (SSSR count). The normalized spacial score (nSPS) is 19.1. The molecule has 3 amide bonds. The first-order valence-electron chi connectivity index (χ1n) is 5.70. The van der Waals surface area contributed by atoms with Crippen LogP contribution in [0.5, 0.6) is 0 Å². The van der Waals surface area contributed by atoms with Crippen molar-refractivity contribution in [3.8, 4) is 0 Å². The van der Waals surface area contributed by atoms with Crippen LogP contribution in [0.3, 0.4) is 0 Å². The maximum absolute atomic E-state index is 11.8. The van der Waals surface area contributed by atoms with E-state index in [9.17, 15) is 14.4 Å². The fraction of sp³-hybridized carbons (Fsp3) is 0.455. The van der Waals surface area contributed by atoms with Crippen LogP contribution in [-0.2, 0) is 20.8 Å². The van der Waals surface area contributed by atoms with Crippen molar-refractivity contribution >= 4 is 40.8 Å². The van der Waals surface area contributed by atoms with Crippen LogP contribution < -0.4 is 10.6 Å². The Labute approximate surface area is 118 Å². The van der Waals surface area contributed by atoms with E-state index in [-0.39, 0.29) is 24.7 Å². The van der Waals surface area contributed by atoms with Crippen LogP contribution in [0.15, 0.2) is 10.5 Å². The SMILES string of the molecule is CSc1ncc(CC(=O)NC2CCC(=O)NC2=O)s1. The van der Waals surface area contributed by atoms with Crippen LogP contribution in [0, 0.1) is 0 Å². The van der Waals surface area contributed by atoms with Gasteiger partial charge in [0, 0.05) is 17.5 Å². The van der Waals surface area contributed by atoms with E-state index >= 15 is 0 Å². The van der Waals surface area contributed by atoms with E-state index in [0.717, 1.165) is 9.22 Å². The summed E-state index contributed by atoms with van der Waals surface area (Å²) in [5.74, 6) is -0.952. The lowest BCUT2D eigenvalue weighted by atomic mass is 10.1. The number of thioether (sulfide) groups is 1. The van der Waals surface area contributed by atoms with Crippen molar-refractivity contribution in [2.45, 2.75) is 29.6 Å². The average molecular weight is 299 g/mol. The molecule has 6 nitrogen and oxygen atoms in total. The van der Waals surface area contributed by atoms with E-state index in [1.807, 2.05) is 6.26 Å². The summed E-state index contributed by atoms with van der Waals surface area (Å²) in [4.78, 5) is 39.3. The summed E-state index contributed by atoms with van der Waals surface area (Å²) in [5.41, 5.74) is 0. The number of amides is 3. The van der Waals surface area contributed by atoms with Gasteiger partial charge in [0.05, 0.1) is 6.42 Å². The first-order valence-corrected chi connectivity index (χ1v) is 7.74. The third-order valence-corrected chi connectivity index (χ3v) is 4.61. The second-order valence-electron chi connectivity index (χ2n) is 4.04. The number of piperidine rings is 1. The van der Waals surface area contributed by atoms with E-state index in [4.69, 9.17) is 0 Å². The zero-order valence-corrected chi connectivity index (χ0v) is 11.9. The third-order valence-electron chi connectivity index (χ3n) is 2.62. The Morgan fingerprint density at radius 1 is 1.63 bits per heavy atom. The molecule has 0 spiro atoms. The van der Waals surface area contributed by atoms with Crippen molar-refractivity contribution in [3.05, 3.63) is 11.1 Å². The number of hydrogen-bond donors (Lipinski definition) is 2. The van der Waals surface area contributed by atoms with Crippen molar-refractivity contribution < 1.29 is 14.4 Å². The molecule has 0 aromatic carbocycles. The molecule has 1 unspecified atom stereocenters. The first-order chi connectivity index (χ1) is 9.08. The van der Waals surface area contributed by atoms with Gasteiger partial charge in [-0.25, -0.2) is 4.98 Å². The molecule has 0 bridgehead atoms. The molecule has 102 valence electrons. The van der Waals surface area contributed by atoms with Crippen LogP contribution in [0.2, 0.25) is 0 Å². The summed E-state index contributed by atoms with van der Waals surface area (Å²) in [7, 11) is 0. The van der Waals surface area contributed by atoms with Crippen LogP contribution in [0.25, 0.3) is 0 Å². The summed E-state index contributed by atoms with van der Waals surface area (Å²) >= 11 is 2.99. The Bertz CT molecular complexity index is 515. The van der Waals surface area contributed by atoms with Gasteiger partial charge in [-0.3, -0.25) is 19.7 Å². The maximum atomic E-state index is 11.8. The zero-order valence-electron chi connectivity index (χ0n) is 10.3. The first kappa shape index (κ1) is 14.0. The van der Waals surface area contributed by atoms with Crippen LogP contribution in [0.4, 0.5) is 0 Å². The summed E-state index contributed by atoms with van der Waals surface area (Å²) in [5, 5.41) is 4.84. The van der Waals surface area contributed by atoms with Crippen molar-refractivity contribution in [2.75, 3.05) is 6.26 Å². The molecule has 2 N–H and O–H groups in total. The van der Waals surface area contributed by atoms with Gasteiger partial charge in [0.1, 0.15) is 10.4 Å². The molecule has 0 saturated carbocycles. The molecular formula is C11H13N3O3S2. The molecule has 1 aromatic rings. The fourth-order valence-electron chi connectivity index (χ4n) is 1.70. The monoisotopic (exact) mass is 299 g/mol. The Hall–Kier alpha value is -1.41. The van der Waals surface area contributed by atoms with E-state index in [1.165, 1.54) is 23.1 Å². The number of nitrogens with zero attached hydrogens (tertiary/aromatic N) is 1. The summed E-state index contributed by atoms with van der Waals surface area (Å²) in [6.07, 6.45) is 4.41. The van der Waals surface area contributed by atoms with Gasteiger partial charge in [-0.15, -0.1) is 11.3 Å². The van der Waals surface area contributed by atoms with Gasteiger partial charge in [0.15, 0.2) is 0 Å². The summed E-state index contributed by atoms with van der Waals surface area (Å²) < 4.78 is 0.906. The van der Waals surface area contributed by atoms with Crippen LogP contribution >= 0.6 is 23.1 Å². The predicted molar refractivity (Wildman–Crippen MR) is 71.9 cm³/mol. The molecule has 8 heteroatoms. The number of thiazole rings is 1. The highest BCUT2D eigenvalue weighted by Crippen LogP contribution is 2.22. The lowest BCUT2D eigenvalue weighted by Crippen LogP contribution is -2.52. The number of carbonyl (C=O) groups is 3. The lowest BCUT2D eigenvalue weighted by molar-refractivity contribution is -0.137. The molecule has 19 heavy (non-hydrogen) atoms. The van der Waals surface area contributed by atoms with E-state index in [2.05, 4.69) is 15.6 Å². The Kier molecular flexibility index (Phi) is 4.54. The topological polar surface area (TPSA) is 88.2 Å². The Balaban J connectivity index is 1.87. The standard InChI is InChI=1S/C11H13N3O3S2/c1-18-11-12-5-6(19-11)4-9(16)13-7-2-3-8(15)14-10(7)17/h5,7H,2-4H2,1H3,(H,13,16)(H,14,15,17). The van der Waals surface area contributed by atoms with E-state index < -0.39 is 11.9 Å². The third kappa shape index (κ3) is 3.77. The molecule has 1 fully saturated rings. The number of imide groups is 1. The molecule has 1 aliphatic rings. The van der Waals surface area contributed by atoms with Gasteiger partial charge < -0.3 is 5.32 Å². The molecule has 0 radical (unpaired) electrons. The predicted octanol–water partition coefficient (Wildman–Crippen LogP) is 0.329. The zero-order chi connectivity index (χ0) is 13.8. The minimum absolute atomic E-state index is 0.204. The maximum Gasteiger partial charge on any atom is 0.249 e. The van der Waals surface area contributed by atoms with Gasteiger partial charge in [-0.1, -0.05) is 11.8 Å². The quantitative estimate of drug-likeness (QED) is 0.618. The smallest absolute Gasteiger partial charge is 0.249 e. The molecule has 1 saturated heterocycles. The highest BCUT2D eigenvalue weighted by molar-refractivity contribution is 8.00. The lowest BCUT2D eigenvalue weighted by Gasteiger charge is -2.21. The number of nitrogens with one attached hydrogen (secondary N) is 2. The van der Waals surface area contributed by atoms with Gasteiger partial charge >= 0.3 is 0 Å². The number of rotatable bonds is 4. The Morgan fingerprint density at radius 2 is 2.42 bits per heavy atom. The number of carbonyl (C=O) groups excluding carboxylic acids is 3. The van der Waals surface area contributed by atoms with E-state index in [1.54, 1.807) is 6.20 Å². The van der Waals surface area contributed by atoms with Crippen molar-refractivity contribution in [2.24, 2.45) is 0 Å². The summed E-state index contributed by atoms with van der Waals surface area (Å²) in [6.45, 7) is 0. The second-order valence-corrected chi connectivity index (χ2v) is 6.21. The molecule has 1 atom stereocenters. The largest absolute Gasteiger partial charge is 0.344 e. The van der Waals surface area contributed by atoms with Gasteiger partial charge in [0.25, 0.3) is 0 Å². The highest BCUT2D eigenvalue weighted by Gasteiger charge is 2.27. The van der Waals surface area contributed by atoms with Crippen molar-refractivity contribution in [1.82, 2.24) is 15.6 Å². The van der Waals surface area contributed by atoms with Crippen molar-refractivity contribution in [3.63, 3.8) is 0 Å². The van der Waals surface area contributed by atoms with E-state index in [0.29, 0.717) is 6.42 Å². The molecular weight excluding hydrogens is 286 g/mol. The van der Waals surface area contributed by atoms with Crippen LogP contribution in [0.1, 0.15) is 17.7 Å². The molecule has 1 aromatic heterocycles. The number of hydrogen-bond acceptors (Lipinski definition) is 6. The molecule has 1 aliphatic heterocycles. The average Bonchev–Trinajstić information content (AvgIpc) is 2.80. The second kappa shape index (κ2) is 6.16. The fourth-order valence-corrected chi connectivity index (χ4v) is 3.15. The minimum atomic E-state index is -0.613. The Morgan fingerprint density at radius 3 is 3.05 bits per heavy atom. The number of aromatic nitrogens is 1. The van der Waals surface area contributed by atoms with Crippen molar-refractivity contribution in [1.29, 1.82) is 0 Å². The minimum Gasteiger partial charge on any atom is -0.344 e. The van der Waals surface area contributed by atoms with Gasteiger partial charge in [-0.05, 0) is 12.7 Å². The van der Waals surface area contributed by atoms with Crippen LogP contribution in [-0.4, -0.2) is 35.0 Å².